The van der Waals surface area contributed by atoms with Crippen LogP contribution in [0.25, 0.3) is 11.3 Å². The number of methoxy groups -OCH3 is 1. The van der Waals surface area contributed by atoms with Crippen LogP contribution < -0.4 is 9.47 Å². The third-order valence-electron chi connectivity index (χ3n) is 7.55. The fraction of sp³-hybridized carbons (Fsp3) is 0.452. The van der Waals surface area contributed by atoms with Crippen molar-refractivity contribution >= 4 is 0 Å². The van der Waals surface area contributed by atoms with E-state index in [4.69, 9.17) is 19.2 Å². The molecular formula is C31H37N5O4. The van der Waals surface area contributed by atoms with E-state index in [0.717, 1.165) is 80.2 Å². The zero-order valence-corrected chi connectivity index (χ0v) is 23.1. The van der Waals surface area contributed by atoms with E-state index < -0.39 is 0 Å². The number of benzene rings is 2. The first kappa shape index (κ1) is 28.0. The van der Waals surface area contributed by atoms with Gasteiger partial charge in [0.2, 0.25) is 0 Å². The second kappa shape index (κ2) is 13.7. The SMILES string of the molecule is COc1cc(Cc2nccc(-c3ccc(OC4CCOCC4)c(C#N)c3)n2)ccc1CN1CCN(CCO)CC1. The second-order valence-corrected chi connectivity index (χ2v) is 10.3. The Bertz CT molecular complexity index is 1310. The number of hydrogen-bond donors (Lipinski definition) is 1. The van der Waals surface area contributed by atoms with Crippen molar-refractivity contribution in [2.75, 3.05) is 59.7 Å². The molecule has 1 aromatic heterocycles. The summed E-state index contributed by atoms with van der Waals surface area (Å²) in [5, 5.41) is 18.9. The number of rotatable bonds is 10. The summed E-state index contributed by atoms with van der Waals surface area (Å²) in [6.45, 7) is 7.04. The predicted octanol–water partition coefficient (Wildman–Crippen LogP) is 3.28. The van der Waals surface area contributed by atoms with Gasteiger partial charge in [0, 0.05) is 75.9 Å². The molecule has 0 radical (unpaired) electrons. The van der Waals surface area contributed by atoms with E-state index in [1.165, 1.54) is 0 Å². The summed E-state index contributed by atoms with van der Waals surface area (Å²) < 4.78 is 17.3. The first-order valence-electron chi connectivity index (χ1n) is 14.0. The van der Waals surface area contributed by atoms with Crippen LogP contribution in [-0.4, -0.2) is 90.6 Å². The molecule has 0 amide bonds. The lowest BCUT2D eigenvalue weighted by Crippen LogP contribution is -2.46. The summed E-state index contributed by atoms with van der Waals surface area (Å²) >= 11 is 0. The zero-order valence-electron chi connectivity index (χ0n) is 23.1. The standard InChI is InChI=1S/C31H37N5O4/c1-38-30-18-23(2-3-25(30)22-36-12-10-35(11-13-36)14-15-37)19-31-33-9-6-28(34-31)24-4-5-29(26(20-24)21-32)40-27-7-16-39-17-8-27/h2-6,9,18,20,27,37H,7-8,10-17,19,22H2,1H3. The van der Waals surface area contributed by atoms with Crippen molar-refractivity contribution in [2.45, 2.75) is 31.9 Å². The van der Waals surface area contributed by atoms with Gasteiger partial charge in [-0.3, -0.25) is 9.80 Å². The summed E-state index contributed by atoms with van der Waals surface area (Å²) in [4.78, 5) is 14.0. The number of nitrogens with zero attached hydrogens (tertiary/aromatic N) is 5. The van der Waals surface area contributed by atoms with Gasteiger partial charge in [0.05, 0.1) is 38.2 Å². The Morgan fingerprint density at radius 1 is 1.02 bits per heavy atom. The highest BCUT2D eigenvalue weighted by Gasteiger charge is 2.19. The number of nitriles is 1. The Morgan fingerprint density at radius 3 is 2.58 bits per heavy atom. The van der Waals surface area contributed by atoms with Gasteiger partial charge in [0.1, 0.15) is 29.5 Å². The summed E-state index contributed by atoms with van der Waals surface area (Å²) in [6, 6.07) is 16.1. The molecule has 2 fully saturated rings. The van der Waals surface area contributed by atoms with Gasteiger partial charge in [-0.15, -0.1) is 0 Å². The molecule has 210 valence electrons. The molecule has 0 bridgehead atoms. The minimum Gasteiger partial charge on any atom is -0.496 e. The molecule has 1 N–H and O–H groups in total. The summed E-state index contributed by atoms with van der Waals surface area (Å²) in [5.74, 6) is 2.17. The second-order valence-electron chi connectivity index (χ2n) is 10.3. The fourth-order valence-electron chi connectivity index (χ4n) is 5.26. The van der Waals surface area contributed by atoms with E-state index in [-0.39, 0.29) is 12.7 Å². The van der Waals surface area contributed by atoms with E-state index in [1.807, 2.05) is 24.3 Å². The summed E-state index contributed by atoms with van der Waals surface area (Å²) in [7, 11) is 1.71. The maximum absolute atomic E-state index is 9.76. The number of aromatic nitrogens is 2. The third-order valence-corrected chi connectivity index (χ3v) is 7.55. The Kier molecular flexibility index (Phi) is 9.58. The van der Waals surface area contributed by atoms with Gasteiger partial charge in [-0.05, 0) is 35.9 Å². The quantitative estimate of drug-likeness (QED) is 0.413. The van der Waals surface area contributed by atoms with Crippen LogP contribution in [0, 0.1) is 11.3 Å². The Morgan fingerprint density at radius 2 is 1.82 bits per heavy atom. The average molecular weight is 544 g/mol. The minimum absolute atomic E-state index is 0.0721. The van der Waals surface area contributed by atoms with Gasteiger partial charge < -0.3 is 19.3 Å². The number of aliphatic hydroxyl groups excluding tert-OH is 1. The van der Waals surface area contributed by atoms with Crippen LogP contribution in [-0.2, 0) is 17.7 Å². The summed E-state index contributed by atoms with van der Waals surface area (Å²) in [6.07, 6.45) is 4.06. The third kappa shape index (κ3) is 7.14. The van der Waals surface area contributed by atoms with E-state index >= 15 is 0 Å². The Hall–Kier alpha value is -3.55. The van der Waals surface area contributed by atoms with E-state index in [0.29, 0.717) is 36.8 Å². The highest BCUT2D eigenvalue weighted by atomic mass is 16.5. The average Bonchev–Trinajstić information content (AvgIpc) is 3.00. The van der Waals surface area contributed by atoms with Crippen molar-refractivity contribution in [3.05, 3.63) is 71.2 Å². The molecule has 9 nitrogen and oxygen atoms in total. The van der Waals surface area contributed by atoms with Crippen molar-refractivity contribution in [3.63, 3.8) is 0 Å². The highest BCUT2D eigenvalue weighted by molar-refractivity contribution is 5.64. The molecule has 2 aromatic carbocycles. The lowest BCUT2D eigenvalue weighted by atomic mass is 10.1. The van der Waals surface area contributed by atoms with Crippen LogP contribution in [0.4, 0.5) is 0 Å². The van der Waals surface area contributed by atoms with Crippen LogP contribution in [0.5, 0.6) is 11.5 Å². The molecule has 5 rings (SSSR count). The van der Waals surface area contributed by atoms with Crippen molar-refractivity contribution < 1.29 is 19.3 Å². The Balaban J connectivity index is 1.25. The molecule has 2 saturated heterocycles. The molecule has 3 aromatic rings. The van der Waals surface area contributed by atoms with E-state index in [9.17, 15) is 10.4 Å². The van der Waals surface area contributed by atoms with Gasteiger partial charge in [-0.1, -0.05) is 12.1 Å². The monoisotopic (exact) mass is 543 g/mol. The number of piperazine rings is 1. The van der Waals surface area contributed by atoms with Gasteiger partial charge in [-0.2, -0.15) is 5.26 Å². The molecule has 0 atom stereocenters. The molecule has 3 heterocycles. The van der Waals surface area contributed by atoms with Crippen LogP contribution in [0.1, 0.15) is 35.4 Å². The number of hydrogen-bond acceptors (Lipinski definition) is 9. The van der Waals surface area contributed by atoms with Crippen molar-refractivity contribution in [3.8, 4) is 28.8 Å². The van der Waals surface area contributed by atoms with Gasteiger partial charge >= 0.3 is 0 Å². The zero-order chi connectivity index (χ0) is 27.7. The molecule has 0 unspecified atom stereocenters. The van der Waals surface area contributed by atoms with Crippen LogP contribution in [0.3, 0.4) is 0 Å². The molecule has 2 aliphatic heterocycles. The molecule has 2 aliphatic rings. The van der Waals surface area contributed by atoms with E-state index in [2.05, 4.69) is 39.1 Å². The van der Waals surface area contributed by atoms with Crippen LogP contribution in [0.2, 0.25) is 0 Å². The molecular weight excluding hydrogens is 506 g/mol. The van der Waals surface area contributed by atoms with Gasteiger partial charge in [0.15, 0.2) is 0 Å². The molecule has 0 saturated carbocycles. The lowest BCUT2D eigenvalue weighted by molar-refractivity contribution is 0.0254. The van der Waals surface area contributed by atoms with Crippen molar-refractivity contribution in [1.29, 1.82) is 5.26 Å². The molecule has 9 heteroatoms. The minimum atomic E-state index is 0.0721. The van der Waals surface area contributed by atoms with Crippen molar-refractivity contribution in [1.82, 2.24) is 19.8 Å². The Labute approximate surface area is 235 Å². The van der Waals surface area contributed by atoms with Crippen LogP contribution in [0.15, 0.2) is 48.7 Å². The van der Waals surface area contributed by atoms with Gasteiger partial charge in [0.25, 0.3) is 0 Å². The molecule has 0 aliphatic carbocycles. The smallest absolute Gasteiger partial charge is 0.137 e. The number of aliphatic hydroxyl groups is 1. The van der Waals surface area contributed by atoms with Crippen molar-refractivity contribution in [2.24, 2.45) is 0 Å². The molecule has 40 heavy (non-hydrogen) atoms. The topological polar surface area (TPSA) is 104 Å². The van der Waals surface area contributed by atoms with Gasteiger partial charge in [-0.25, -0.2) is 9.97 Å². The fourth-order valence-corrected chi connectivity index (χ4v) is 5.26. The number of ether oxygens (including phenoxy) is 3. The summed E-state index contributed by atoms with van der Waals surface area (Å²) in [5.41, 5.74) is 4.35. The highest BCUT2D eigenvalue weighted by Crippen LogP contribution is 2.28. The first-order chi connectivity index (χ1) is 19.6. The largest absolute Gasteiger partial charge is 0.496 e. The van der Waals surface area contributed by atoms with E-state index in [1.54, 1.807) is 13.3 Å². The first-order valence-corrected chi connectivity index (χ1v) is 14.0. The van der Waals surface area contributed by atoms with Crippen LogP contribution >= 0.6 is 0 Å². The lowest BCUT2D eigenvalue weighted by Gasteiger charge is -2.34. The predicted molar refractivity (Wildman–Crippen MR) is 151 cm³/mol. The molecule has 0 spiro atoms. The number of β-amino-alcohol motifs (C(OH)–C–C–N with tert-alkyl or cyclic N) is 1. The normalized spacial score (nSPS) is 16.9. The maximum Gasteiger partial charge on any atom is 0.137 e. The maximum atomic E-state index is 9.76.